The van der Waals surface area contributed by atoms with E-state index in [2.05, 4.69) is 11.6 Å². The second kappa shape index (κ2) is 4.07. The third kappa shape index (κ3) is 3.71. The largest absolute Gasteiger partial charge is 0.259 e. The van der Waals surface area contributed by atoms with E-state index in [0.717, 1.165) is 11.4 Å². The van der Waals surface area contributed by atoms with Crippen molar-refractivity contribution in [3.63, 3.8) is 0 Å². The Balaban J connectivity index is 4.11. The van der Waals surface area contributed by atoms with Gasteiger partial charge in [0.15, 0.2) is 0 Å². The first-order chi connectivity index (χ1) is 4.20. The van der Waals surface area contributed by atoms with Gasteiger partial charge in [-0.15, -0.1) is 0 Å². The highest BCUT2D eigenvalue weighted by Crippen LogP contribution is 1.94. The lowest BCUT2D eigenvalue weighted by atomic mass is 10.4. The molecule has 1 heteroatoms. The molecule has 0 spiro atoms. The zero-order valence-electron chi connectivity index (χ0n) is 6.31. The maximum atomic E-state index is 4.17. The van der Waals surface area contributed by atoms with Gasteiger partial charge in [0.2, 0.25) is 0 Å². The van der Waals surface area contributed by atoms with E-state index in [-0.39, 0.29) is 0 Å². The summed E-state index contributed by atoms with van der Waals surface area (Å²) in [6.45, 7) is 9.45. The van der Waals surface area contributed by atoms with Crippen LogP contribution < -0.4 is 0 Å². The molecule has 0 aliphatic heterocycles. The van der Waals surface area contributed by atoms with Gasteiger partial charge in [0.1, 0.15) is 0 Å². The van der Waals surface area contributed by atoms with Gasteiger partial charge in [-0.2, -0.15) is 0 Å². The zero-order valence-corrected chi connectivity index (χ0v) is 6.31. The van der Waals surface area contributed by atoms with Crippen LogP contribution in [0.1, 0.15) is 20.8 Å². The quantitative estimate of drug-likeness (QED) is 0.500. The molecule has 0 aromatic carbocycles. The Bertz CT molecular complexity index is 152. The van der Waals surface area contributed by atoms with Crippen molar-refractivity contribution in [1.82, 2.24) is 0 Å². The van der Waals surface area contributed by atoms with Crippen molar-refractivity contribution in [3.8, 4) is 0 Å². The fourth-order valence-corrected chi connectivity index (χ4v) is 0.388. The molecule has 0 N–H and O–H groups in total. The van der Waals surface area contributed by atoms with Crippen molar-refractivity contribution in [2.24, 2.45) is 4.99 Å². The van der Waals surface area contributed by atoms with Gasteiger partial charge in [0, 0.05) is 11.4 Å². The first kappa shape index (κ1) is 8.15. The summed E-state index contributed by atoms with van der Waals surface area (Å²) < 4.78 is 0. The minimum atomic E-state index is 0.964. The summed E-state index contributed by atoms with van der Waals surface area (Å²) in [4.78, 5) is 4.17. The summed E-state index contributed by atoms with van der Waals surface area (Å²) in [7, 11) is 0. The Morgan fingerprint density at radius 2 is 2.00 bits per heavy atom. The zero-order chi connectivity index (χ0) is 7.28. The smallest absolute Gasteiger partial charge is 0.0369 e. The minimum absolute atomic E-state index is 0.964. The van der Waals surface area contributed by atoms with Crippen molar-refractivity contribution in [1.29, 1.82) is 0 Å². The van der Waals surface area contributed by atoms with E-state index in [1.54, 1.807) is 6.08 Å². The van der Waals surface area contributed by atoms with E-state index in [0.29, 0.717) is 0 Å². The molecule has 0 amide bonds. The molecule has 0 aromatic rings. The number of allylic oxidation sites excluding steroid dienone is 3. The predicted molar refractivity (Wildman–Crippen MR) is 42.7 cm³/mol. The van der Waals surface area contributed by atoms with Crippen LogP contribution in [0.4, 0.5) is 0 Å². The Morgan fingerprint density at radius 3 is 2.33 bits per heavy atom. The van der Waals surface area contributed by atoms with Crippen molar-refractivity contribution in [2.75, 3.05) is 0 Å². The number of rotatable bonds is 2. The number of hydrogen-bond donors (Lipinski definition) is 0. The summed E-state index contributed by atoms with van der Waals surface area (Å²) in [5.41, 5.74) is 2.00. The van der Waals surface area contributed by atoms with Crippen LogP contribution in [-0.2, 0) is 0 Å². The van der Waals surface area contributed by atoms with Gasteiger partial charge in [0.05, 0.1) is 0 Å². The van der Waals surface area contributed by atoms with Crippen molar-refractivity contribution >= 4 is 5.71 Å². The Kier molecular flexibility index (Phi) is 3.69. The van der Waals surface area contributed by atoms with Crippen LogP contribution >= 0.6 is 0 Å². The summed E-state index contributed by atoms with van der Waals surface area (Å²) >= 11 is 0. The van der Waals surface area contributed by atoms with Crippen LogP contribution in [0.3, 0.4) is 0 Å². The van der Waals surface area contributed by atoms with Gasteiger partial charge in [-0.1, -0.05) is 12.7 Å². The SMILES string of the molecule is C=CC(C)=N/C(C)=C\C. The highest BCUT2D eigenvalue weighted by Gasteiger charge is 1.80. The average Bonchev–Trinajstić information content (AvgIpc) is 1.87. The van der Waals surface area contributed by atoms with Gasteiger partial charge in [-0.25, -0.2) is 0 Å². The van der Waals surface area contributed by atoms with Crippen LogP contribution in [-0.4, -0.2) is 5.71 Å². The fourth-order valence-electron chi connectivity index (χ4n) is 0.388. The summed E-state index contributed by atoms with van der Waals surface area (Å²) in [6.07, 6.45) is 3.71. The molecule has 0 saturated heterocycles. The van der Waals surface area contributed by atoms with Crippen LogP contribution in [0.15, 0.2) is 29.4 Å². The first-order valence-electron chi connectivity index (χ1n) is 3.01. The van der Waals surface area contributed by atoms with Crippen molar-refractivity contribution in [3.05, 3.63) is 24.4 Å². The minimum Gasteiger partial charge on any atom is -0.259 e. The molecular weight excluding hydrogens is 110 g/mol. The lowest BCUT2D eigenvalue weighted by molar-refractivity contribution is 1.28. The number of aliphatic imine (C=N–C) groups is 1. The van der Waals surface area contributed by atoms with Crippen LogP contribution in [0.2, 0.25) is 0 Å². The molecule has 0 saturated carbocycles. The third-order valence-electron chi connectivity index (χ3n) is 1.07. The molecule has 0 aliphatic rings. The third-order valence-corrected chi connectivity index (χ3v) is 1.07. The van der Waals surface area contributed by atoms with Crippen LogP contribution in [0, 0.1) is 0 Å². The topological polar surface area (TPSA) is 12.4 Å². The molecule has 50 valence electrons. The van der Waals surface area contributed by atoms with Crippen LogP contribution in [0.5, 0.6) is 0 Å². The second-order valence-electron chi connectivity index (χ2n) is 1.89. The Hall–Kier alpha value is -0.850. The molecule has 0 heterocycles. The normalized spacial score (nSPS) is 13.7. The van der Waals surface area contributed by atoms with Gasteiger partial charge in [0.25, 0.3) is 0 Å². The van der Waals surface area contributed by atoms with E-state index in [9.17, 15) is 0 Å². The summed E-state index contributed by atoms with van der Waals surface area (Å²) in [5, 5.41) is 0. The lowest BCUT2D eigenvalue weighted by Crippen LogP contribution is -1.82. The van der Waals surface area contributed by atoms with Crippen LogP contribution in [0.25, 0.3) is 0 Å². The van der Waals surface area contributed by atoms with E-state index in [1.165, 1.54) is 0 Å². The maximum Gasteiger partial charge on any atom is 0.0369 e. The highest BCUT2D eigenvalue weighted by molar-refractivity contribution is 5.92. The van der Waals surface area contributed by atoms with E-state index < -0.39 is 0 Å². The molecular formula is C8H13N. The molecule has 0 unspecified atom stereocenters. The highest BCUT2D eigenvalue weighted by atomic mass is 14.7. The molecule has 0 radical (unpaired) electrons. The van der Waals surface area contributed by atoms with E-state index in [4.69, 9.17) is 0 Å². The standard InChI is InChI=1S/C8H13N/c1-5-7(3)9-8(4)6-2/h5-6H,1H2,2-4H3/b8-6-,9-7?. The monoisotopic (exact) mass is 123 g/mol. The summed E-state index contributed by atoms with van der Waals surface area (Å²) in [6, 6.07) is 0. The average molecular weight is 123 g/mol. The Morgan fingerprint density at radius 1 is 1.44 bits per heavy atom. The van der Waals surface area contributed by atoms with Crippen molar-refractivity contribution < 1.29 is 0 Å². The molecule has 0 bridgehead atoms. The van der Waals surface area contributed by atoms with Gasteiger partial charge in [-0.3, -0.25) is 4.99 Å². The second-order valence-corrected chi connectivity index (χ2v) is 1.89. The molecule has 9 heavy (non-hydrogen) atoms. The van der Waals surface area contributed by atoms with Gasteiger partial charge in [-0.05, 0) is 26.8 Å². The lowest BCUT2D eigenvalue weighted by Gasteiger charge is -1.90. The number of hydrogen-bond acceptors (Lipinski definition) is 1. The first-order valence-corrected chi connectivity index (χ1v) is 3.01. The van der Waals surface area contributed by atoms with Gasteiger partial charge >= 0.3 is 0 Å². The Labute approximate surface area is 56.8 Å². The van der Waals surface area contributed by atoms with Crippen molar-refractivity contribution in [2.45, 2.75) is 20.8 Å². The van der Waals surface area contributed by atoms with E-state index in [1.807, 2.05) is 26.8 Å². The molecule has 0 aliphatic carbocycles. The van der Waals surface area contributed by atoms with Gasteiger partial charge < -0.3 is 0 Å². The molecule has 0 aromatic heterocycles. The fraction of sp³-hybridized carbons (Fsp3) is 0.375. The number of nitrogens with zero attached hydrogens (tertiary/aromatic N) is 1. The predicted octanol–water partition coefficient (Wildman–Crippen LogP) is 2.56. The molecule has 0 fully saturated rings. The molecule has 0 atom stereocenters. The van der Waals surface area contributed by atoms with E-state index >= 15 is 0 Å². The summed E-state index contributed by atoms with van der Waals surface area (Å²) in [5.74, 6) is 0. The maximum absolute atomic E-state index is 4.17. The molecule has 1 nitrogen and oxygen atoms in total. The molecule has 0 rings (SSSR count).